The van der Waals surface area contributed by atoms with Gasteiger partial charge in [0.2, 0.25) is 0 Å². The predicted octanol–water partition coefficient (Wildman–Crippen LogP) is 3.40. The van der Waals surface area contributed by atoms with Gasteiger partial charge in [-0.05, 0) is 5.56 Å². The quantitative estimate of drug-likeness (QED) is 0.492. The summed E-state index contributed by atoms with van der Waals surface area (Å²) in [5.74, 6) is -0.251. The maximum absolute atomic E-state index is 12.5. The Hall–Kier alpha value is -2.89. The highest BCUT2D eigenvalue weighted by molar-refractivity contribution is 6.01. The maximum Gasteiger partial charge on any atom is 0.269 e. The van der Waals surface area contributed by atoms with Gasteiger partial charge in [-0.15, -0.1) is 0 Å². The van der Waals surface area contributed by atoms with Crippen molar-refractivity contribution in [1.82, 2.24) is 0 Å². The molecule has 0 spiro atoms. The number of benzene rings is 2. The van der Waals surface area contributed by atoms with E-state index in [0.717, 1.165) is 5.56 Å². The van der Waals surface area contributed by atoms with Crippen LogP contribution >= 0.6 is 0 Å². The Labute approximate surface area is 126 Å². The van der Waals surface area contributed by atoms with Crippen molar-refractivity contribution in [1.29, 1.82) is 0 Å². The van der Waals surface area contributed by atoms with Crippen molar-refractivity contribution < 1.29 is 9.72 Å². The number of carbonyl (C=O) groups excluding carboxylic acids is 1. The zero-order valence-electron chi connectivity index (χ0n) is 11.6. The topological polar surface area (TPSA) is 84.9 Å². The van der Waals surface area contributed by atoms with Gasteiger partial charge in [-0.25, -0.2) is 0 Å². The molecule has 0 aliphatic carbocycles. The monoisotopic (exact) mass is 295 g/mol. The first-order valence-electron chi connectivity index (χ1n) is 6.87. The molecular weight excluding hydrogens is 282 g/mol. The second-order valence-corrected chi connectivity index (χ2v) is 5.07. The van der Waals surface area contributed by atoms with E-state index >= 15 is 0 Å². The molecule has 1 aliphatic heterocycles. The molecule has 0 fully saturated rings. The van der Waals surface area contributed by atoms with E-state index in [2.05, 4.69) is 10.2 Å². The number of Topliss-reactive ketones (excluding diaryl/α,β-unsaturated/α-hetero) is 1. The minimum absolute atomic E-state index is 0.0292. The lowest BCUT2D eigenvalue weighted by atomic mass is 9.88. The lowest BCUT2D eigenvalue weighted by molar-refractivity contribution is -0.384. The van der Waals surface area contributed by atoms with Gasteiger partial charge in [-0.1, -0.05) is 42.5 Å². The van der Waals surface area contributed by atoms with Crippen molar-refractivity contribution in [2.24, 2.45) is 10.2 Å². The summed E-state index contributed by atoms with van der Waals surface area (Å²) in [6.07, 6.45) is 0. The molecule has 0 bridgehead atoms. The van der Waals surface area contributed by atoms with Crippen LogP contribution in [0.25, 0.3) is 0 Å². The molecule has 0 amide bonds. The van der Waals surface area contributed by atoms with Crippen molar-refractivity contribution in [2.45, 2.75) is 12.0 Å². The van der Waals surface area contributed by atoms with Gasteiger partial charge >= 0.3 is 0 Å². The highest BCUT2D eigenvalue weighted by atomic mass is 16.6. The number of nitro groups is 1. The van der Waals surface area contributed by atoms with Crippen LogP contribution in [0.4, 0.5) is 5.69 Å². The molecule has 0 radical (unpaired) electrons. The Balaban J connectivity index is 1.85. The van der Waals surface area contributed by atoms with Crippen LogP contribution in [0.3, 0.4) is 0 Å². The first kappa shape index (κ1) is 14.1. The van der Waals surface area contributed by atoms with Crippen LogP contribution in [-0.2, 0) is 0 Å². The summed E-state index contributed by atoms with van der Waals surface area (Å²) in [5.41, 5.74) is 1.46. The van der Waals surface area contributed by atoms with Crippen LogP contribution in [0.1, 0.15) is 21.8 Å². The Morgan fingerprint density at radius 1 is 1.09 bits per heavy atom. The van der Waals surface area contributed by atoms with Crippen molar-refractivity contribution >= 4 is 11.5 Å². The number of ketones is 1. The van der Waals surface area contributed by atoms with E-state index in [1.54, 1.807) is 36.4 Å². The van der Waals surface area contributed by atoms with E-state index in [4.69, 9.17) is 0 Å². The van der Waals surface area contributed by atoms with Crippen molar-refractivity contribution in [3.63, 3.8) is 0 Å². The summed E-state index contributed by atoms with van der Waals surface area (Å²) >= 11 is 0. The Morgan fingerprint density at radius 2 is 1.77 bits per heavy atom. The number of nitro benzene ring substituents is 1. The minimum Gasteiger partial charge on any atom is -0.292 e. The molecule has 1 aliphatic rings. The fourth-order valence-corrected chi connectivity index (χ4v) is 2.54. The molecule has 6 heteroatoms. The third kappa shape index (κ3) is 2.63. The van der Waals surface area contributed by atoms with Crippen LogP contribution in [-0.4, -0.2) is 23.3 Å². The molecule has 0 unspecified atom stereocenters. The third-order valence-corrected chi connectivity index (χ3v) is 3.72. The third-order valence-electron chi connectivity index (χ3n) is 3.72. The first-order valence-corrected chi connectivity index (χ1v) is 6.87. The number of carbonyl (C=O) groups is 1. The highest BCUT2D eigenvalue weighted by Crippen LogP contribution is 2.31. The zero-order chi connectivity index (χ0) is 15.5. The molecule has 2 atom stereocenters. The fraction of sp³-hybridized carbons (Fsp3) is 0.188. The van der Waals surface area contributed by atoms with Crippen molar-refractivity contribution in [2.75, 3.05) is 6.54 Å². The Bertz CT molecular complexity index is 726. The van der Waals surface area contributed by atoms with Gasteiger partial charge in [0.25, 0.3) is 5.69 Å². The van der Waals surface area contributed by atoms with Crippen molar-refractivity contribution in [3.8, 4) is 0 Å². The molecule has 6 nitrogen and oxygen atoms in total. The van der Waals surface area contributed by atoms with E-state index in [-0.39, 0.29) is 17.4 Å². The van der Waals surface area contributed by atoms with Crippen LogP contribution in [0.2, 0.25) is 0 Å². The molecule has 0 saturated heterocycles. The van der Waals surface area contributed by atoms with Gasteiger partial charge in [-0.3, -0.25) is 14.9 Å². The predicted molar refractivity (Wildman–Crippen MR) is 80.1 cm³/mol. The molecule has 0 N–H and O–H groups in total. The average molecular weight is 295 g/mol. The summed E-state index contributed by atoms with van der Waals surface area (Å²) in [4.78, 5) is 22.8. The van der Waals surface area contributed by atoms with Gasteiger partial charge in [0.05, 0.1) is 11.5 Å². The van der Waals surface area contributed by atoms with E-state index < -0.39 is 11.0 Å². The van der Waals surface area contributed by atoms with Gasteiger partial charge in [0.1, 0.15) is 6.04 Å². The molecule has 0 saturated carbocycles. The van der Waals surface area contributed by atoms with Crippen molar-refractivity contribution in [3.05, 3.63) is 75.8 Å². The van der Waals surface area contributed by atoms with Gasteiger partial charge in [-0.2, -0.15) is 10.2 Å². The van der Waals surface area contributed by atoms with Crippen LogP contribution in [0, 0.1) is 10.1 Å². The average Bonchev–Trinajstić information content (AvgIpc) is 3.04. The van der Waals surface area contributed by atoms with E-state index in [0.29, 0.717) is 12.1 Å². The second-order valence-electron chi connectivity index (χ2n) is 5.07. The Kier molecular flexibility index (Phi) is 3.74. The molecule has 110 valence electrons. The molecular formula is C16H13N3O3. The Morgan fingerprint density at radius 3 is 2.41 bits per heavy atom. The number of nitrogens with zero attached hydrogens (tertiary/aromatic N) is 3. The van der Waals surface area contributed by atoms with E-state index in [1.165, 1.54) is 12.1 Å². The van der Waals surface area contributed by atoms with Gasteiger partial charge < -0.3 is 0 Å². The van der Waals surface area contributed by atoms with Crippen LogP contribution in [0.5, 0.6) is 0 Å². The largest absolute Gasteiger partial charge is 0.292 e. The fourth-order valence-electron chi connectivity index (χ4n) is 2.54. The summed E-state index contributed by atoms with van der Waals surface area (Å²) in [6.45, 7) is 0.418. The standard InChI is InChI=1S/C16H13N3O3/c20-16(12-4-2-1-3-5-12)15-14(10-17-18-15)11-6-8-13(9-7-11)19(21)22/h1-9,14-15H,10H2/t14-,15+/m0/s1. The van der Waals surface area contributed by atoms with Crippen LogP contribution < -0.4 is 0 Å². The summed E-state index contributed by atoms with van der Waals surface area (Å²) < 4.78 is 0. The van der Waals surface area contributed by atoms with Crippen LogP contribution in [0.15, 0.2) is 64.8 Å². The smallest absolute Gasteiger partial charge is 0.269 e. The molecule has 3 rings (SSSR count). The summed E-state index contributed by atoms with van der Waals surface area (Å²) in [7, 11) is 0. The van der Waals surface area contributed by atoms with E-state index in [9.17, 15) is 14.9 Å². The second kappa shape index (κ2) is 5.85. The zero-order valence-corrected chi connectivity index (χ0v) is 11.6. The molecule has 2 aromatic rings. The number of hydrogen-bond acceptors (Lipinski definition) is 5. The lowest BCUT2D eigenvalue weighted by Crippen LogP contribution is -2.24. The molecule has 1 heterocycles. The van der Waals surface area contributed by atoms with Gasteiger partial charge in [0, 0.05) is 23.6 Å². The molecule has 2 aromatic carbocycles. The SMILES string of the molecule is O=C(c1ccccc1)[C@@H]1N=NC[C@H]1c1ccc([N+](=O)[O-])cc1. The number of azo groups is 1. The lowest BCUT2D eigenvalue weighted by Gasteiger charge is -2.15. The normalized spacial score (nSPS) is 20.0. The summed E-state index contributed by atoms with van der Waals surface area (Å²) in [6, 6.07) is 14.6. The van der Waals surface area contributed by atoms with Gasteiger partial charge in [0.15, 0.2) is 5.78 Å². The molecule has 0 aromatic heterocycles. The maximum atomic E-state index is 12.5. The minimum atomic E-state index is -0.566. The summed E-state index contributed by atoms with van der Waals surface area (Å²) in [5, 5.41) is 18.8. The molecule has 22 heavy (non-hydrogen) atoms. The number of non-ortho nitro benzene ring substituents is 1. The highest BCUT2D eigenvalue weighted by Gasteiger charge is 2.34. The number of hydrogen-bond donors (Lipinski definition) is 0. The van der Waals surface area contributed by atoms with E-state index in [1.807, 2.05) is 6.07 Å². The first-order chi connectivity index (χ1) is 10.7. The number of rotatable bonds is 4.